The van der Waals surface area contributed by atoms with Crippen LogP contribution in [0.5, 0.6) is 5.88 Å². The molecule has 0 aromatic carbocycles. The quantitative estimate of drug-likeness (QED) is 0.725. The Morgan fingerprint density at radius 2 is 2.08 bits per heavy atom. The summed E-state index contributed by atoms with van der Waals surface area (Å²) in [5.41, 5.74) is 0.718. The van der Waals surface area contributed by atoms with Gasteiger partial charge in [-0.1, -0.05) is 0 Å². The van der Waals surface area contributed by atoms with Crippen molar-refractivity contribution in [2.75, 3.05) is 6.61 Å². The summed E-state index contributed by atoms with van der Waals surface area (Å²) in [6.45, 7) is 1.87. The average Bonchev–Trinajstić information content (AvgIpc) is 2.02. The fourth-order valence-electron chi connectivity index (χ4n) is 0.656. The Labute approximate surface area is 74.8 Å². The predicted molar refractivity (Wildman–Crippen MR) is 42.9 cm³/mol. The van der Waals surface area contributed by atoms with Crippen LogP contribution in [-0.2, 0) is 0 Å². The van der Waals surface area contributed by atoms with E-state index >= 15 is 0 Å². The minimum Gasteiger partial charge on any atom is -0.470 e. The van der Waals surface area contributed by atoms with Crippen LogP contribution in [0.4, 0.5) is 8.78 Å². The number of nitrogens with zero attached hydrogens (tertiary/aromatic N) is 2. The van der Waals surface area contributed by atoms with Gasteiger partial charge in [0.1, 0.15) is 0 Å². The molecule has 0 N–H and O–H groups in total. The summed E-state index contributed by atoms with van der Waals surface area (Å²) in [6, 6.07) is 0. The van der Waals surface area contributed by atoms with Crippen LogP contribution in [0.1, 0.15) is 12.6 Å². The van der Waals surface area contributed by atoms with Crippen molar-refractivity contribution in [3.8, 4) is 5.88 Å². The second kappa shape index (κ2) is 3.64. The lowest BCUT2D eigenvalue weighted by atomic mass is 10.4. The first-order valence-electron chi connectivity index (χ1n) is 3.77. The molecular weight excluding hydrogens is 178 g/mol. The molecule has 0 aliphatic heterocycles. The highest BCUT2D eigenvalue weighted by Crippen LogP contribution is 2.13. The molecule has 3 nitrogen and oxygen atoms in total. The molecule has 0 amide bonds. The maximum Gasteiger partial charge on any atom is 0.278 e. The Bertz CT molecular complexity index is 268. The van der Waals surface area contributed by atoms with E-state index in [9.17, 15) is 8.78 Å². The first-order valence-corrected chi connectivity index (χ1v) is 3.77. The summed E-state index contributed by atoms with van der Waals surface area (Å²) < 4.78 is 29.3. The molecule has 0 radical (unpaired) electrons. The maximum absolute atomic E-state index is 12.3. The Morgan fingerprint density at radius 3 is 2.54 bits per heavy atom. The van der Waals surface area contributed by atoms with Gasteiger partial charge in [-0.15, -0.1) is 0 Å². The fourth-order valence-corrected chi connectivity index (χ4v) is 0.656. The van der Waals surface area contributed by atoms with Gasteiger partial charge in [-0.3, -0.25) is 4.98 Å². The minimum atomic E-state index is -2.84. The third-order valence-corrected chi connectivity index (χ3v) is 1.23. The number of rotatable bonds is 3. The molecule has 72 valence electrons. The van der Waals surface area contributed by atoms with Crippen LogP contribution in [0.3, 0.4) is 0 Å². The molecule has 0 aliphatic carbocycles. The summed E-state index contributed by atoms with van der Waals surface area (Å²) in [5, 5.41) is 0. The molecule has 0 unspecified atom stereocenters. The number of aromatic nitrogens is 2. The van der Waals surface area contributed by atoms with Gasteiger partial charge in [0.2, 0.25) is 5.88 Å². The highest BCUT2D eigenvalue weighted by atomic mass is 19.3. The van der Waals surface area contributed by atoms with Crippen LogP contribution >= 0.6 is 0 Å². The summed E-state index contributed by atoms with van der Waals surface area (Å²) in [7, 11) is 0. The lowest BCUT2D eigenvalue weighted by molar-refractivity contribution is -0.0243. The van der Waals surface area contributed by atoms with Crippen molar-refractivity contribution < 1.29 is 13.5 Å². The molecule has 0 saturated heterocycles. The van der Waals surface area contributed by atoms with Crippen molar-refractivity contribution in [2.24, 2.45) is 0 Å². The first-order chi connectivity index (χ1) is 5.97. The molecule has 1 aromatic heterocycles. The Kier molecular flexibility index (Phi) is 2.75. The van der Waals surface area contributed by atoms with E-state index in [1.165, 1.54) is 12.4 Å². The van der Waals surface area contributed by atoms with E-state index in [2.05, 4.69) is 9.97 Å². The van der Waals surface area contributed by atoms with Crippen molar-refractivity contribution in [1.82, 2.24) is 9.97 Å². The summed E-state index contributed by atoms with van der Waals surface area (Å²) in [6.07, 6.45) is 2.78. The number of hydrogen-bond acceptors (Lipinski definition) is 3. The van der Waals surface area contributed by atoms with Crippen molar-refractivity contribution in [1.29, 1.82) is 0 Å². The number of halogens is 2. The van der Waals surface area contributed by atoms with E-state index in [4.69, 9.17) is 4.74 Å². The van der Waals surface area contributed by atoms with Crippen LogP contribution in [-0.4, -0.2) is 22.5 Å². The third-order valence-electron chi connectivity index (χ3n) is 1.23. The van der Waals surface area contributed by atoms with Crippen LogP contribution in [0, 0.1) is 6.92 Å². The minimum absolute atomic E-state index is 0.118. The molecule has 1 aromatic rings. The number of aryl methyl sites for hydroxylation is 1. The topological polar surface area (TPSA) is 35.0 Å². The van der Waals surface area contributed by atoms with Gasteiger partial charge in [0.15, 0.2) is 6.61 Å². The van der Waals surface area contributed by atoms with Gasteiger partial charge in [0.05, 0.1) is 18.1 Å². The summed E-state index contributed by atoms with van der Waals surface area (Å²) >= 11 is 0. The molecule has 0 atom stereocenters. The zero-order valence-electron chi connectivity index (χ0n) is 7.42. The van der Waals surface area contributed by atoms with Crippen molar-refractivity contribution in [3.05, 3.63) is 18.1 Å². The molecular formula is C8H10F2N2O. The zero-order chi connectivity index (χ0) is 9.90. The molecule has 0 fully saturated rings. The zero-order valence-corrected chi connectivity index (χ0v) is 7.42. The smallest absolute Gasteiger partial charge is 0.278 e. The molecule has 0 saturated carbocycles. The highest BCUT2D eigenvalue weighted by molar-refractivity contribution is 5.05. The van der Waals surface area contributed by atoms with Gasteiger partial charge in [0.25, 0.3) is 5.92 Å². The van der Waals surface area contributed by atoms with Gasteiger partial charge in [-0.25, -0.2) is 13.8 Å². The fraction of sp³-hybridized carbons (Fsp3) is 0.500. The Balaban J connectivity index is 2.51. The van der Waals surface area contributed by atoms with Crippen LogP contribution in [0.15, 0.2) is 12.4 Å². The van der Waals surface area contributed by atoms with Crippen molar-refractivity contribution in [3.63, 3.8) is 0 Å². The number of alkyl halides is 2. The van der Waals surface area contributed by atoms with E-state index < -0.39 is 12.5 Å². The monoisotopic (exact) mass is 188 g/mol. The lowest BCUT2D eigenvalue weighted by Crippen LogP contribution is -2.21. The Hall–Kier alpha value is -1.26. The van der Waals surface area contributed by atoms with Gasteiger partial charge in [-0.2, -0.15) is 0 Å². The lowest BCUT2D eigenvalue weighted by Gasteiger charge is -2.10. The van der Waals surface area contributed by atoms with E-state index in [1.807, 2.05) is 0 Å². The molecule has 5 heteroatoms. The number of hydrogen-bond donors (Lipinski definition) is 0. The van der Waals surface area contributed by atoms with E-state index in [0.717, 1.165) is 12.6 Å². The van der Waals surface area contributed by atoms with Crippen molar-refractivity contribution in [2.45, 2.75) is 19.8 Å². The standard InChI is InChI=1S/C8H10F2N2O/c1-6-3-12-7(4-11-6)13-5-8(2,9)10/h3-4H,5H2,1-2H3. The molecule has 0 spiro atoms. The summed E-state index contributed by atoms with van der Waals surface area (Å²) in [4.78, 5) is 7.61. The normalized spacial score (nSPS) is 11.4. The van der Waals surface area contributed by atoms with Crippen LogP contribution in [0.25, 0.3) is 0 Å². The second-order valence-corrected chi connectivity index (χ2v) is 2.85. The summed E-state index contributed by atoms with van der Waals surface area (Å²) in [5.74, 6) is -2.72. The van der Waals surface area contributed by atoms with Crippen LogP contribution < -0.4 is 4.74 Å². The van der Waals surface area contributed by atoms with Gasteiger partial charge in [-0.05, 0) is 6.92 Å². The van der Waals surface area contributed by atoms with E-state index in [1.54, 1.807) is 6.92 Å². The van der Waals surface area contributed by atoms with E-state index in [0.29, 0.717) is 0 Å². The van der Waals surface area contributed by atoms with E-state index in [-0.39, 0.29) is 5.88 Å². The van der Waals surface area contributed by atoms with Gasteiger partial charge >= 0.3 is 0 Å². The maximum atomic E-state index is 12.3. The van der Waals surface area contributed by atoms with Crippen molar-refractivity contribution >= 4 is 0 Å². The molecule has 1 heterocycles. The molecule has 1 rings (SSSR count). The SMILES string of the molecule is Cc1cnc(OCC(C)(F)F)cn1. The van der Waals surface area contributed by atoms with Crippen LogP contribution in [0.2, 0.25) is 0 Å². The second-order valence-electron chi connectivity index (χ2n) is 2.85. The molecule has 0 bridgehead atoms. The largest absolute Gasteiger partial charge is 0.470 e. The predicted octanol–water partition coefficient (Wildman–Crippen LogP) is 1.82. The molecule has 13 heavy (non-hydrogen) atoms. The van der Waals surface area contributed by atoms with Gasteiger partial charge in [0, 0.05) is 6.92 Å². The van der Waals surface area contributed by atoms with Gasteiger partial charge < -0.3 is 4.74 Å². The molecule has 0 aliphatic rings. The first kappa shape index (κ1) is 9.83. The average molecular weight is 188 g/mol. The third kappa shape index (κ3) is 3.78. The number of ether oxygens (including phenoxy) is 1. The Morgan fingerprint density at radius 1 is 1.38 bits per heavy atom. The highest BCUT2D eigenvalue weighted by Gasteiger charge is 2.22.